The van der Waals surface area contributed by atoms with Crippen LogP contribution in [0.2, 0.25) is 5.02 Å². The van der Waals surface area contributed by atoms with Gasteiger partial charge in [0.25, 0.3) is 0 Å². The molecule has 0 unspecified atom stereocenters. The summed E-state index contributed by atoms with van der Waals surface area (Å²) in [7, 11) is -4.12. The maximum absolute atomic E-state index is 13.9. The fourth-order valence-electron chi connectivity index (χ4n) is 2.47. The van der Waals surface area contributed by atoms with Crippen LogP contribution in [0.5, 0.6) is 0 Å². The number of benzene rings is 1. The Morgan fingerprint density at radius 3 is 2.57 bits per heavy atom. The highest BCUT2D eigenvalue weighted by atomic mass is 35.5. The summed E-state index contributed by atoms with van der Waals surface area (Å²) in [5, 5.41) is 10.3. The lowest BCUT2D eigenvalue weighted by Crippen LogP contribution is -2.44. The SMILES string of the molecule is Nc1cc(Cl)cc(S(=O)(=O)NCC2(O)CCCCC2)c1F. The van der Waals surface area contributed by atoms with Crippen LogP contribution in [0, 0.1) is 5.82 Å². The van der Waals surface area contributed by atoms with E-state index in [-0.39, 0.29) is 17.3 Å². The quantitative estimate of drug-likeness (QED) is 0.733. The lowest BCUT2D eigenvalue weighted by Gasteiger charge is -2.32. The lowest BCUT2D eigenvalue weighted by molar-refractivity contribution is 0.00944. The van der Waals surface area contributed by atoms with Crippen LogP contribution in [0.3, 0.4) is 0 Å². The molecule has 0 aromatic heterocycles. The molecule has 0 radical (unpaired) electrons. The van der Waals surface area contributed by atoms with Gasteiger partial charge in [-0.1, -0.05) is 30.9 Å². The zero-order valence-electron chi connectivity index (χ0n) is 11.4. The third-order valence-corrected chi connectivity index (χ3v) is 5.32. The molecule has 0 heterocycles. The van der Waals surface area contributed by atoms with Crippen molar-refractivity contribution in [3.05, 3.63) is 23.0 Å². The van der Waals surface area contributed by atoms with Crippen molar-refractivity contribution >= 4 is 27.3 Å². The van der Waals surface area contributed by atoms with Gasteiger partial charge >= 0.3 is 0 Å². The van der Waals surface area contributed by atoms with Gasteiger partial charge in [-0.25, -0.2) is 17.5 Å². The highest BCUT2D eigenvalue weighted by molar-refractivity contribution is 7.89. The molecule has 0 atom stereocenters. The standard InChI is InChI=1S/C13H18ClFN2O3S/c14-9-6-10(16)12(15)11(7-9)21(19,20)17-8-13(18)4-2-1-3-5-13/h6-7,17-18H,1-5,8,16H2. The molecular weight excluding hydrogens is 319 g/mol. The largest absolute Gasteiger partial charge is 0.396 e. The third-order valence-electron chi connectivity index (χ3n) is 3.70. The summed E-state index contributed by atoms with van der Waals surface area (Å²) in [6.07, 6.45) is 3.76. The second-order valence-electron chi connectivity index (χ2n) is 5.42. The lowest BCUT2D eigenvalue weighted by atomic mass is 9.85. The first-order valence-corrected chi connectivity index (χ1v) is 8.56. The Bertz CT molecular complexity index is 631. The van der Waals surface area contributed by atoms with Crippen molar-refractivity contribution < 1.29 is 17.9 Å². The molecule has 1 fully saturated rings. The highest BCUT2D eigenvalue weighted by Crippen LogP contribution is 2.29. The zero-order valence-corrected chi connectivity index (χ0v) is 13.0. The van der Waals surface area contributed by atoms with Crippen LogP contribution in [-0.4, -0.2) is 25.7 Å². The first kappa shape index (κ1) is 16.5. The molecule has 4 N–H and O–H groups in total. The average Bonchev–Trinajstić information content (AvgIpc) is 2.42. The van der Waals surface area contributed by atoms with Crippen molar-refractivity contribution in [3.8, 4) is 0 Å². The number of rotatable bonds is 4. The molecule has 5 nitrogen and oxygen atoms in total. The Balaban J connectivity index is 2.19. The summed E-state index contributed by atoms with van der Waals surface area (Å²) in [6, 6.07) is 2.14. The molecule has 8 heteroatoms. The number of hydrogen-bond acceptors (Lipinski definition) is 4. The smallest absolute Gasteiger partial charge is 0.243 e. The van der Waals surface area contributed by atoms with Gasteiger partial charge in [-0.05, 0) is 25.0 Å². The van der Waals surface area contributed by atoms with E-state index in [1.807, 2.05) is 0 Å². The molecule has 1 aliphatic rings. The van der Waals surface area contributed by atoms with E-state index in [0.29, 0.717) is 12.8 Å². The number of nitrogen functional groups attached to an aromatic ring is 1. The van der Waals surface area contributed by atoms with E-state index in [1.165, 1.54) is 0 Å². The molecule has 0 saturated heterocycles. The number of nitrogens with two attached hydrogens (primary N) is 1. The van der Waals surface area contributed by atoms with Crippen molar-refractivity contribution in [3.63, 3.8) is 0 Å². The highest BCUT2D eigenvalue weighted by Gasteiger charge is 2.32. The molecular formula is C13H18ClFN2O3S. The van der Waals surface area contributed by atoms with Crippen LogP contribution in [0.1, 0.15) is 32.1 Å². The van der Waals surface area contributed by atoms with Gasteiger partial charge in [-0.15, -0.1) is 0 Å². The Morgan fingerprint density at radius 1 is 1.33 bits per heavy atom. The Labute approximate surface area is 128 Å². The second kappa shape index (κ2) is 6.08. The number of sulfonamides is 1. The van der Waals surface area contributed by atoms with E-state index in [2.05, 4.69) is 4.72 Å². The van der Waals surface area contributed by atoms with Crippen molar-refractivity contribution in [2.24, 2.45) is 0 Å². The molecule has 0 bridgehead atoms. The van der Waals surface area contributed by atoms with Crippen LogP contribution < -0.4 is 10.5 Å². The third kappa shape index (κ3) is 3.85. The molecule has 118 valence electrons. The van der Waals surface area contributed by atoms with Crippen LogP contribution in [-0.2, 0) is 10.0 Å². The summed E-state index contributed by atoms with van der Waals surface area (Å²) < 4.78 is 40.5. The Morgan fingerprint density at radius 2 is 1.95 bits per heavy atom. The van der Waals surface area contributed by atoms with Crippen molar-refractivity contribution in [1.82, 2.24) is 4.72 Å². The van der Waals surface area contributed by atoms with E-state index >= 15 is 0 Å². The van der Waals surface area contributed by atoms with Gasteiger partial charge in [-0.3, -0.25) is 0 Å². The van der Waals surface area contributed by atoms with Crippen LogP contribution >= 0.6 is 11.6 Å². The summed E-state index contributed by atoms with van der Waals surface area (Å²) in [4.78, 5) is -0.605. The van der Waals surface area contributed by atoms with Crippen molar-refractivity contribution in [1.29, 1.82) is 0 Å². The first-order chi connectivity index (χ1) is 9.73. The van der Waals surface area contributed by atoms with Gasteiger partial charge in [-0.2, -0.15) is 0 Å². The minimum Gasteiger partial charge on any atom is -0.396 e. The molecule has 0 amide bonds. The van der Waals surface area contributed by atoms with Crippen molar-refractivity contribution in [2.45, 2.75) is 42.6 Å². The van der Waals surface area contributed by atoms with Crippen LogP contribution in [0.4, 0.5) is 10.1 Å². The summed E-state index contributed by atoms with van der Waals surface area (Å²) in [6.45, 7) is -0.152. The molecule has 1 aliphatic carbocycles. The van der Waals surface area contributed by atoms with E-state index in [1.54, 1.807) is 0 Å². The van der Waals surface area contributed by atoms with Crippen LogP contribution in [0.15, 0.2) is 17.0 Å². The topological polar surface area (TPSA) is 92.4 Å². The zero-order chi connectivity index (χ0) is 15.7. The van der Waals surface area contributed by atoms with E-state index < -0.39 is 26.3 Å². The van der Waals surface area contributed by atoms with Gasteiger partial charge in [0.05, 0.1) is 11.3 Å². The van der Waals surface area contributed by atoms with E-state index in [4.69, 9.17) is 17.3 Å². The normalized spacial score (nSPS) is 18.6. The van der Waals surface area contributed by atoms with Gasteiger partial charge < -0.3 is 10.8 Å². The Kier molecular flexibility index (Phi) is 4.77. The molecule has 2 rings (SSSR count). The number of nitrogens with one attached hydrogen (secondary N) is 1. The summed E-state index contributed by atoms with van der Waals surface area (Å²) >= 11 is 5.72. The minimum atomic E-state index is -4.12. The maximum atomic E-state index is 13.9. The fraction of sp³-hybridized carbons (Fsp3) is 0.538. The van der Waals surface area contributed by atoms with Gasteiger partial charge in [0.1, 0.15) is 4.90 Å². The monoisotopic (exact) mass is 336 g/mol. The molecule has 1 aromatic rings. The van der Waals surface area contributed by atoms with Crippen molar-refractivity contribution in [2.75, 3.05) is 12.3 Å². The second-order valence-corrected chi connectivity index (χ2v) is 7.59. The van der Waals surface area contributed by atoms with Crippen LogP contribution in [0.25, 0.3) is 0 Å². The molecule has 21 heavy (non-hydrogen) atoms. The van der Waals surface area contributed by atoms with Gasteiger partial charge in [0.2, 0.25) is 10.0 Å². The maximum Gasteiger partial charge on any atom is 0.243 e. The Hall–Kier alpha value is -0.890. The fourth-order valence-corrected chi connectivity index (χ4v) is 4.02. The molecule has 0 spiro atoms. The van der Waals surface area contributed by atoms with Gasteiger partial charge in [0.15, 0.2) is 5.82 Å². The average molecular weight is 337 g/mol. The first-order valence-electron chi connectivity index (χ1n) is 6.70. The number of aliphatic hydroxyl groups is 1. The molecule has 1 saturated carbocycles. The minimum absolute atomic E-state index is 0.0330. The summed E-state index contributed by atoms with van der Waals surface area (Å²) in [5.74, 6) is -1.04. The predicted octanol–water partition coefficient (Wildman–Crippen LogP) is 2.03. The number of halogens is 2. The summed E-state index contributed by atoms with van der Waals surface area (Å²) in [5.41, 5.74) is 3.97. The number of anilines is 1. The van der Waals surface area contributed by atoms with E-state index in [9.17, 15) is 17.9 Å². The predicted molar refractivity (Wildman–Crippen MR) is 79.0 cm³/mol. The van der Waals surface area contributed by atoms with Gasteiger partial charge in [0, 0.05) is 11.6 Å². The number of hydrogen-bond donors (Lipinski definition) is 3. The molecule has 1 aromatic carbocycles. The molecule has 0 aliphatic heterocycles. The van der Waals surface area contributed by atoms with E-state index in [0.717, 1.165) is 31.4 Å².